The Hall–Kier alpha value is -3.13. The van der Waals surface area contributed by atoms with E-state index in [4.69, 9.17) is 19.3 Å². The molecule has 1 aromatic heterocycles. The van der Waals surface area contributed by atoms with Crippen LogP contribution in [0.3, 0.4) is 0 Å². The molecular weight excluding hydrogens is 426 g/mol. The van der Waals surface area contributed by atoms with Crippen LogP contribution in [0, 0.1) is 13.8 Å². The third kappa shape index (κ3) is 3.90. The molecule has 1 atom stereocenters. The predicted molar refractivity (Wildman–Crippen MR) is 125 cm³/mol. The first-order valence-electron chi connectivity index (χ1n) is 10.3. The number of para-hydroxylation sites is 1. The third-order valence-electron chi connectivity index (χ3n) is 5.64. The minimum Gasteiger partial charge on any atom is -0.493 e. The Morgan fingerprint density at radius 3 is 2.28 bits per heavy atom. The second-order valence-corrected chi connectivity index (χ2v) is 8.62. The van der Waals surface area contributed by atoms with Gasteiger partial charge in [0.05, 0.1) is 38.5 Å². The highest BCUT2D eigenvalue weighted by Gasteiger charge is 2.36. The molecule has 4 rings (SSSR count). The molecule has 0 saturated carbocycles. The highest BCUT2D eigenvalue weighted by atomic mass is 32.2. The standard InChI is InChI=1S/C24H27N3O4S/c1-15-22(16(2)27(25-15)18-9-7-6-8-10-18)24-26(21(28)14-32-24)13-17-11-19(29-3)23(31-5)20(12-17)30-4/h6-12,24H,13-14H2,1-5H3. The fraction of sp³-hybridized carbons (Fsp3) is 0.333. The number of methoxy groups -OCH3 is 3. The van der Waals surface area contributed by atoms with Gasteiger partial charge in [0.25, 0.3) is 0 Å². The number of rotatable bonds is 7. The molecule has 32 heavy (non-hydrogen) atoms. The van der Waals surface area contributed by atoms with E-state index in [1.54, 1.807) is 33.1 Å². The number of hydrogen-bond donors (Lipinski definition) is 0. The van der Waals surface area contributed by atoms with Crippen molar-refractivity contribution in [3.05, 3.63) is 65.0 Å². The van der Waals surface area contributed by atoms with E-state index >= 15 is 0 Å². The summed E-state index contributed by atoms with van der Waals surface area (Å²) in [6.07, 6.45) is 0. The predicted octanol–water partition coefficient (Wildman–Crippen LogP) is 4.29. The molecule has 0 N–H and O–H groups in total. The first kappa shape index (κ1) is 22.1. The molecule has 1 saturated heterocycles. The third-order valence-corrected chi connectivity index (χ3v) is 6.86. The second kappa shape index (κ2) is 9.16. The zero-order valence-electron chi connectivity index (χ0n) is 18.9. The zero-order valence-corrected chi connectivity index (χ0v) is 19.7. The number of thioether (sulfide) groups is 1. The maximum absolute atomic E-state index is 12.9. The molecule has 0 aliphatic carbocycles. The number of nitrogens with zero attached hydrogens (tertiary/aromatic N) is 3. The van der Waals surface area contributed by atoms with Crippen LogP contribution < -0.4 is 14.2 Å². The summed E-state index contributed by atoms with van der Waals surface area (Å²) in [7, 11) is 4.75. The summed E-state index contributed by atoms with van der Waals surface area (Å²) < 4.78 is 18.3. The molecule has 0 bridgehead atoms. The van der Waals surface area contributed by atoms with E-state index in [9.17, 15) is 4.79 Å². The maximum atomic E-state index is 12.9. The van der Waals surface area contributed by atoms with E-state index in [2.05, 4.69) is 6.92 Å². The summed E-state index contributed by atoms with van der Waals surface area (Å²) >= 11 is 1.63. The molecule has 7 nitrogen and oxygen atoms in total. The number of aromatic nitrogens is 2. The molecule has 1 aliphatic heterocycles. The fourth-order valence-electron chi connectivity index (χ4n) is 4.12. The quantitative estimate of drug-likeness (QED) is 0.532. The van der Waals surface area contributed by atoms with Gasteiger partial charge in [-0.1, -0.05) is 18.2 Å². The maximum Gasteiger partial charge on any atom is 0.234 e. The van der Waals surface area contributed by atoms with Gasteiger partial charge in [-0.3, -0.25) is 4.79 Å². The first-order valence-corrected chi connectivity index (χ1v) is 11.3. The average molecular weight is 454 g/mol. The minimum atomic E-state index is -0.112. The number of carbonyl (C=O) groups is 1. The Morgan fingerprint density at radius 2 is 1.69 bits per heavy atom. The highest BCUT2D eigenvalue weighted by molar-refractivity contribution is 8.00. The number of ether oxygens (including phenoxy) is 3. The summed E-state index contributed by atoms with van der Waals surface area (Å²) in [5.41, 5.74) is 4.96. The van der Waals surface area contributed by atoms with Crippen molar-refractivity contribution in [1.29, 1.82) is 0 Å². The monoisotopic (exact) mass is 453 g/mol. The van der Waals surface area contributed by atoms with E-state index in [1.165, 1.54) is 0 Å². The normalized spacial score (nSPS) is 15.8. The average Bonchev–Trinajstić information content (AvgIpc) is 3.31. The molecule has 0 spiro atoms. The van der Waals surface area contributed by atoms with Gasteiger partial charge in [-0.2, -0.15) is 5.10 Å². The van der Waals surface area contributed by atoms with Crippen LogP contribution in [0.2, 0.25) is 0 Å². The Labute approximate surface area is 192 Å². The van der Waals surface area contributed by atoms with E-state index in [0.29, 0.717) is 29.5 Å². The summed E-state index contributed by atoms with van der Waals surface area (Å²) in [4.78, 5) is 14.8. The smallest absolute Gasteiger partial charge is 0.234 e. The lowest BCUT2D eigenvalue weighted by Crippen LogP contribution is -2.28. The van der Waals surface area contributed by atoms with Gasteiger partial charge < -0.3 is 19.1 Å². The molecule has 2 aromatic carbocycles. The number of carbonyl (C=O) groups excluding carboxylic acids is 1. The molecule has 2 heterocycles. The summed E-state index contributed by atoms with van der Waals surface area (Å²) in [5.74, 6) is 2.21. The number of hydrogen-bond acceptors (Lipinski definition) is 6. The lowest BCUT2D eigenvalue weighted by atomic mass is 10.1. The molecule has 1 amide bonds. The van der Waals surface area contributed by atoms with Crippen LogP contribution in [0.15, 0.2) is 42.5 Å². The summed E-state index contributed by atoms with van der Waals surface area (Å²) in [6, 6.07) is 13.8. The molecule has 168 valence electrons. The molecule has 0 radical (unpaired) electrons. The van der Waals surface area contributed by atoms with Crippen molar-refractivity contribution in [2.24, 2.45) is 0 Å². The SMILES string of the molecule is COc1cc(CN2C(=O)CSC2c2c(C)nn(-c3ccccc3)c2C)cc(OC)c1OC. The van der Waals surface area contributed by atoms with E-state index < -0.39 is 0 Å². The van der Waals surface area contributed by atoms with Crippen molar-refractivity contribution in [1.82, 2.24) is 14.7 Å². The lowest BCUT2D eigenvalue weighted by Gasteiger charge is -2.25. The van der Waals surface area contributed by atoms with Gasteiger partial charge in [0.2, 0.25) is 11.7 Å². The molecule has 1 aliphatic rings. The van der Waals surface area contributed by atoms with Crippen LogP contribution in [0.4, 0.5) is 0 Å². The van der Waals surface area contributed by atoms with Gasteiger partial charge in [-0.15, -0.1) is 11.8 Å². The van der Waals surface area contributed by atoms with Crippen LogP contribution >= 0.6 is 11.8 Å². The van der Waals surface area contributed by atoms with Gasteiger partial charge in [-0.05, 0) is 43.7 Å². The van der Waals surface area contributed by atoms with Crippen LogP contribution in [-0.2, 0) is 11.3 Å². The fourth-order valence-corrected chi connectivity index (χ4v) is 5.47. The van der Waals surface area contributed by atoms with Crippen molar-refractivity contribution in [3.8, 4) is 22.9 Å². The Balaban J connectivity index is 1.70. The highest BCUT2D eigenvalue weighted by Crippen LogP contribution is 2.44. The minimum absolute atomic E-state index is 0.0972. The Bertz CT molecular complexity index is 1100. The van der Waals surface area contributed by atoms with Gasteiger partial charge in [0.1, 0.15) is 5.37 Å². The Morgan fingerprint density at radius 1 is 1.03 bits per heavy atom. The van der Waals surface area contributed by atoms with E-state index in [-0.39, 0.29) is 11.3 Å². The zero-order chi connectivity index (χ0) is 22.8. The molecule has 1 fully saturated rings. The number of benzene rings is 2. The van der Waals surface area contributed by atoms with Crippen LogP contribution in [-0.4, -0.2) is 47.7 Å². The van der Waals surface area contributed by atoms with Crippen LogP contribution in [0.25, 0.3) is 5.69 Å². The number of amides is 1. The van der Waals surface area contributed by atoms with Crippen molar-refractivity contribution in [2.45, 2.75) is 25.8 Å². The van der Waals surface area contributed by atoms with Gasteiger partial charge in [0, 0.05) is 17.8 Å². The van der Waals surface area contributed by atoms with Crippen molar-refractivity contribution in [3.63, 3.8) is 0 Å². The second-order valence-electron chi connectivity index (χ2n) is 7.55. The lowest BCUT2D eigenvalue weighted by molar-refractivity contribution is -0.128. The summed E-state index contributed by atoms with van der Waals surface area (Å²) in [6.45, 7) is 4.49. The van der Waals surface area contributed by atoms with E-state index in [0.717, 1.165) is 28.2 Å². The van der Waals surface area contributed by atoms with Crippen LogP contribution in [0.1, 0.15) is 27.9 Å². The molecule has 1 unspecified atom stereocenters. The van der Waals surface area contributed by atoms with Crippen molar-refractivity contribution in [2.75, 3.05) is 27.1 Å². The van der Waals surface area contributed by atoms with E-state index in [1.807, 2.05) is 59.0 Å². The van der Waals surface area contributed by atoms with Gasteiger partial charge in [-0.25, -0.2) is 4.68 Å². The molecule has 8 heteroatoms. The largest absolute Gasteiger partial charge is 0.493 e. The van der Waals surface area contributed by atoms with Crippen LogP contribution in [0.5, 0.6) is 17.2 Å². The number of aryl methyl sites for hydroxylation is 1. The van der Waals surface area contributed by atoms with Gasteiger partial charge in [0.15, 0.2) is 11.5 Å². The molecular formula is C24H27N3O4S. The van der Waals surface area contributed by atoms with Gasteiger partial charge >= 0.3 is 0 Å². The van der Waals surface area contributed by atoms with Crippen molar-refractivity contribution >= 4 is 17.7 Å². The van der Waals surface area contributed by atoms with Crippen molar-refractivity contribution < 1.29 is 19.0 Å². The Kier molecular flexibility index (Phi) is 6.32. The summed E-state index contributed by atoms with van der Waals surface area (Å²) in [5, 5.41) is 4.67. The molecule has 3 aromatic rings. The topological polar surface area (TPSA) is 65.8 Å². The first-order chi connectivity index (χ1) is 15.5.